The number of terminal acetylenes is 1. The van der Waals surface area contributed by atoms with E-state index in [0.29, 0.717) is 5.69 Å². The Morgan fingerprint density at radius 2 is 2.16 bits per heavy atom. The second-order valence-electron chi connectivity index (χ2n) is 4.05. The fourth-order valence-electron chi connectivity index (χ4n) is 1.60. The van der Waals surface area contributed by atoms with Gasteiger partial charge in [0, 0.05) is 18.3 Å². The monoisotopic (exact) mass is 254 g/mol. The van der Waals surface area contributed by atoms with Crippen molar-refractivity contribution in [3.63, 3.8) is 0 Å². The normalized spacial score (nSPS) is 11.6. The predicted octanol–water partition coefficient (Wildman–Crippen LogP) is 1.37. The Morgan fingerprint density at radius 1 is 1.42 bits per heavy atom. The van der Waals surface area contributed by atoms with E-state index in [-0.39, 0.29) is 12.3 Å². The first kappa shape index (κ1) is 12.9. The van der Waals surface area contributed by atoms with Crippen molar-refractivity contribution in [2.24, 2.45) is 5.73 Å². The first-order valence-electron chi connectivity index (χ1n) is 5.80. The van der Waals surface area contributed by atoms with Crippen LogP contribution in [0.2, 0.25) is 0 Å². The molecule has 2 rings (SSSR count). The molecule has 0 radical (unpaired) electrons. The lowest BCUT2D eigenvalue weighted by atomic mass is 10.1. The molecular formula is C14H14N4O. The van der Waals surface area contributed by atoms with Gasteiger partial charge >= 0.3 is 0 Å². The number of hydrogen-bond acceptors (Lipinski definition) is 3. The van der Waals surface area contributed by atoms with Crippen molar-refractivity contribution in [2.45, 2.75) is 12.5 Å². The van der Waals surface area contributed by atoms with Gasteiger partial charge in [0.2, 0.25) is 5.91 Å². The largest absolute Gasteiger partial charge is 0.325 e. The van der Waals surface area contributed by atoms with Gasteiger partial charge in [-0.05, 0) is 23.8 Å². The fraction of sp³-hybridized carbons (Fsp3) is 0.143. The van der Waals surface area contributed by atoms with Crippen LogP contribution in [-0.4, -0.2) is 22.1 Å². The standard InChI is InChI=1S/C14H14N4O/c1-2-3-12(15)14(19)17-11-6-4-10(5-7-11)13-8-9-16-18-13/h1,4-9,12H,3,15H2,(H,16,18)(H,17,19). The van der Waals surface area contributed by atoms with Crippen LogP contribution >= 0.6 is 0 Å². The quantitative estimate of drug-likeness (QED) is 0.720. The van der Waals surface area contributed by atoms with E-state index in [0.717, 1.165) is 11.3 Å². The molecule has 0 fully saturated rings. The van der Waals surface area contributed by atoms with Gasteiger partial charge in [0.1, 0.15) is 0 Å². The second kappa shape index (κ2) is 5.85. The molecule has 1 aromatic heterocycles. The highest BCUT2D eigenvalue weighted by atomic mass is 16.2. The van der Waals surface area contributed by atoms with Crippen LogP contribution in [0, 0.1) is 12.3 Å². The summed E-state index contributed by atoms with van der Waals surface area (Å²) in [6, 6.07) is 8.56. The Hall–Kier alpha value is -2.58. The fourth-order valence-corrected chi connectivity index (χ4v) is 1.60. The molecular weight excluding hydrogens is 240 g/mol. The van der Waals surface area contributed by atoms with E-state index in [1.54, 1.807) is 18.3 Å². The average Bonchev–Trinajstić information content (AvgIpc) is 2.94. The molecule has 0 spiro atoms. The number of amides is 1. The number of aromatic amines is 1. The van der Waals surface area contributed by atoms with E-state index >= 15 is 0 Å². The number of carbonyl (C=O) groups is 1. The summed E-state index contributed by atoms with van der Waals surface area (Å²) >= 11 is 0. The first-order valence-corrected chi connectivity index (χ1v) is 5.80. The first-order chi connectivity index (χ1) is 9.20. The summed E-state index contributed by atoms with van der Waals surface area (Å²) in [5.41, 5.74) is 8.20. The molecule has 1 aromatic carbocycles. The van der Waals surface area contributed by atoms with Crippen molar-refractivity contribution in [3.8, 4) is 23.6 Å². The molecule has 0 aliphatic carbocycles. The van der Waals surface area contributed by atoms with Gasteiger partial charge in [-0.15, -0.1) is 12.3 Å². The third-order valence-electron chi connectivity index (χ3n) is 2.64. The number of nitrogens with one attached hydrogen (secondary N) is 2. The smallest absolute Gasteiger partial charge is 0.242 e. The molecule has 0 aliphatic heterocycles. The van der Waals surface area contributed by atoms with Gasteiger partial charge in [-0.2, -0.15) is 5.10 Å². The molecule has 2 aromatic rings. The highest BCUT2D eigenvalue weighted by molar-refractivity contribution is 5.95. The topological polar surface area (TPSA) is 83.8 Å². The molecule has 19 heavy (non-hydrogen) atoms. The molecule has 0 bridgehead atoms. The van der Waals surface area contributed by atoms with Crippen LogP contribution in [0.5, 0.6) is 0 Å². The van der Waals surface area contributed by atoms with E-state index in [2.05, 4.69) is 21.4 Å². The van der Waals surface area contributed by atoms with E-state index < -0.39 is 6.04 Å². The minimum Gasteiger partial charge on any atom is -0.325 e. The average molecular weight is 254 g/mol. The summed E-state index contributed by atoms with van der Waals surface area (Å²) < 4.78 is 0. The Balaban J connectivity index is 2.03. The molecule has 1 unspecified atom stereocenters. The van der Waals surface area contributed by atoms with E-state index in [1.807, 2.05) is 18.2 Å². The lowest BCUT2D eigenvalue weighted by Gasteiger charge is -2.09. The molecule has 4 N–H and O–H groups in total. The van der Waals surface area contributed by atoms with Crippen LogP contribution in [0.3, 0.4) is 0 Å². The molecule has 5 nitrogen and oxygen atoms in total. The van der Waals surface area contributed by atoms with E-state index in [1.165, 1.54) is 0 Å². The van der Waals surface area contributed by atoms with Crippen LogP contribution in [0.25, 0.3) is 11.3 Å². The van der Waals surface area contributed by atoms with E-state index in [9.17, 15) is 4.79 Å². The van der Waals surface area contributed by atoms with Crippen molar-refractivity contribution in [3.05, 3.63) is 36.5 Å². The maximum atomic E-state index is 11.7. The number of anilines is 1. The van der Waals surface area contributed by atoms with Crippen LogP contribution in [0.4, 0.5) is 5.69 Å². The maximum Gasteiger partial charge on any atom is 0.242 e. The zero-order valence-corrected chi connectivity index (χ0v) is 10.3. The molecule has 1 amide bonds. The molecule has 5 heteroatoms. The number of H-pyrrole nitrogens is 1. The SMILES string of the molecule is C#CCC(N)C(=O)Nc1ccc(-c2ccn[nH]2)cc1. The molecule has 1 heterocycles. The third kappa shape index (κ3) is 3.21. The Kier molecular flexibility index (Phi) is 3.96. The zero-order valence-electron chi connectivity index (χ0n) is 10.3. The van der Waals surface area contributed by atoms with Crippen molar-refractivity contribution in [2.75, 3.05) is 5.32 Å². The number of hydrogen-bond donors (Lipinski definition) is 3. The second-order valence-corrected chi connectivity index (χ2v) is 4.05. The third-order valence-corrected chi connectivity index (χ3v) is 2.64. The van der Waals surface area contributed by atoms with Gasteiger partial charge < -0.3 is 11.1 Å². The lowest BCUT2D eigenvalue weighted by Crippen LogP contribution is -2.35. The maximum absolute atomic E-state index is 11.7. The van der Waals surface area contributed by atoms with Gasteiger partial charge in [0.05, 0.1) is 11.7 Å². The zero-order chi connectivity index (χ0) is 13.7. The highest BCUT2D eigenvalue weighted by Gasteiger charge is 2.11. The summed E-state index contributed by atoms with van der Waals surface area (Å²) in [4.78, 5) is 11.7. The van der Waals surface area contributed by atoms with Crippen molar-refractivity contribution in [1.29, 1.82) is 0 Å². The Labute approximate surface area is 111 Å². The molecule has 1 atom stereocenters. The van der Waals surface area contributed by atoms with Crippen molar-refractivity contribution < 1.29 is 4.79 Å². The Bertz CT molecular complexity index is 581. The lowest BCUT2D eigenvalue weighted by molar-refractivity contribution is -0.117. The summed E-state index contributed by atoms with van der Waals surface area (Å²) in [5.74, 6) is 2.08. The van der Waals surface area contributed by atoms with Crippen LogP contribution in [0.15, 0.2) is 36.5 Å². The minimum atomic E-state index is -0.683. The molecule has 0 aliphatic rings. The number of nitrogens with zero attached hydrogens (tertiary/aromatic N) is 1. The highest BCUT2D eigenvalue weighted by Crippen LogP contribution is 2.18. The number of nitrogens with two attached hydrogens (primary N) is 1. The number of benzene rings is 1. The Morgan fingerprint density at radius 3 is 2.74 bits per heavy atom. The summed E-state index contributed by atoms with van der Waals surface area (Å²) in [7, 11) is 0. The summed E-state index contributed by atoms with van der Waals surface area (Å²) in [5, 5.41) is 9.47. The molecule has 0 saturated heterocycles. The van der Waals surface area contributed by atoms with Crippen LogP contribution in [0.1, 0.15) is 6.42 Å². The van der Waals surface area contributed by atoms with Crippen molar-refractivity contribution >= 4 is 11.6 Å². The van der Waals surface area contributed by atoms with Crippen LogP contribution in [-0.2, 0) is 4.79 Å². The molecule has 96 valence electrons. The van der Waals surface area contributed by atoms with Crippen molar-refractivity contribution in [1.82, 2.24) is 10.2 Å². The number of aromatic nitrogens is 2. The summed E-state index contributed by atoms with van der Waals surface area (Å²) in [6.45, 7) is 0. The van der Waals surface area contributed by atoms with Gasteiger partial charge in [-0.25, -0.2) is 0 Å². The minimum absolute atomic E-state index is 0.220. The van der Waals surface area contributed by atoms with Gasteiger partial charge in [-0.3, -0.25) is 9.89 Å². The van der Waals surface area contributed by atoms with Gasteiger partial charge in [-0.1, -0.05) is 12.1 Å². The molecule has 0 saturated carbocycles. The number of rotatable bonds is 4. The van der Waals surface area contributed by atoms with Gasteiger partial charge in [0.15, 0.2) is 0 Å². The predicted molar refractivity (Wildman–Crippen MR) is 74.1 cm³/mol. The summed E-state index contributed by atoms with van der Waals surface area (Å²) in [6.07, 6.45) is 7.02. The van der Waals surface area contributed by atoms with E-state index in [4.69, 9.17) is 12.2 Å². The van der Waals surface area contributed by atoms with Crippen LogP contribution < -0.4 is 11.1 Å². The van der Waals surface area contributed by atoms with Gasteiger partial charge in [0.25, 0.3) is 0 Å². The number of carbonyl (C=O) groups excluding carboxylic acids is 1.